The van der Waals surface area contributed by atoms with Crippen molar-refractivity contribution in [2.24, 2.45) is 0 Å². The van der Waals surface area contributed by atoms with E-state index < -0.39 is 11.6 Å². The Balaban J connectivity index is 1.36. The molecule has 0 spiro atoms. The summed E-state index contributed by atoms with van der Waals surface area (Å²) >= 11 is 0. The molecule has 0 fully saturated rings. The van der Waals surface area contributed by atoms with Crippen molar-refractivity contribution in [3.63, 3.8) is 0 Å². The minimum Gasteiger partial charge on any atom is -0.339 e. The Morgan fingerprint density at radius 1 is 0.842 bits per heavy atom. The zero-order valence-electron chi connectivity index (χ0n) is 22.2. The van der Waals surface area contributed by atoms with Gasteiger partial charge in [0.05, 0.1) is 11.7 Å². The van der Waals surface area contributed by atoms with Crippen LogP contribution in [-0.2, 0) is 6.42 Å². The van der Waals surface area contributed by atoms with Gasteiger partial charge in [0.1, 0.15) is 17.3 Å². The van der Waals surface area contributed by atoms with Gasteiger partial charge in [0, 0.05) is 33.8 Å². The number of nitrogens with one attached hydrogen (secondary N) is 2. The Kier molecular flexibility index (Phi) is 8.13. The first-order valence-electron chi connectivity index (χ1n) is 13.7. The van der Waals surface area contributed by atoms with E-state index in [2.05, 4.69) is 45.0 Å². The van der Waals surface area contributed by atoms with E-state index in [0.717, 1.165) is 79.2 Å². The van der Waals surface area contributed by atoms with Crippen molar-refractivity contribution in [3.05, 3.63) is 72.1 Å². The molecular weight excluding hydrogens is 480 g/mol. The molecule has 198 valence electrons. The lowest BCUT2D eigenvalue weighted by molar-refractivity contribution is 0.261. The van der Waals surface area contributed by atoms with Crippen LogP contribution in [-0.4, -0.2) is 44.7 Å². The summed E-state index contributed by atoms with van der Waals surface area (Å²) in [5.74, 6) is -0.989. The molecule has 0 aliphatic carbocycles. The second-order valence-corrected chi connectivity index (χ2v) is 10.0. The van der Waals surface area contributed by atoms with E-state index in [-0.39, 0.29) is 5.56 Å². The smallest absolute Gasteiger partial charge is 0.138 e. The lowest BCUT2D eigenvalue weighted by atomic mass is 10.0. The van der Waals surface area contributed by atoms with E-state index in [1.807, 2.05) is 24.3 Å². The predicted molar refractivity (Wildman–Crippen MR) is 151 cm³/mol. The summed E-state index contributed by atoms with van der Waals surface area (Å²) in [4.78, 5) is 10.1. The van der Waals surface area contributed by atoms with Crippen molar-refractivity contribution in [1.82, 2.24) is 25.1 Å². The summed E-state index contributed by atoms with van der Waals surface area (Å²) in [6.07, 6.45) is 9.27. The number of aromatic amines is 2. The molecule has 0 aliphatic heterocycles. The van der Waals surface area contributed by atoms with Gasteiger partial charge in [-0.1, -0.05) is 32.8 Å². The maximum absolute atomic E-state index is 15.2. The number of hydrogen-bond acceptors (Lipinski definition) is 3. The third-order valence-electron chi connectivity index (χ3n) is 7.29. The second kappa shape index (κ2) is 11.9. The Morgan fingerprint density at radius 3 is 2.32 bits per heavy atom. The molecule has 38 heavy (non-hydrogen) atoms. The van der Waals surface area contributed by atoms with Gasteiger partial charge in [-0.05, 0) is 92.8 Å². The number of H-pyrrole nitrogens is 2. The fourth-order valence-corrected chi connectivity index (χ4v) is 5.12. The van der Waals surface area contributed by atoms with Gasteiger partial charge in [0.15, 0.2) is 0 Å². The van der Waals surface area contributed by atoms with Crippen LogP contribution in [0.1, 0.15) is 51.5 Å². The van der Waals surface area contributed by atoms with Gasteiger partial charge in [-0.3, -0.25) is 5.10 Å². The van der Waals surface area contributed by atoms with E-state index in [0.29, 0.717) is 23.3 Å². The molecule has 3 aromatic heterocycles. The van der Waals surface area contributed by atoms with Crippen molar-refractivity contribution in [1.29, 1.82) is 0 Å². The first-order valence-corrected chi connectivity index (χ1v) is 13.7. The minimum absolute atomic E-state index is 0.169. The van der Waals surface area contributed by atoms with E-state index in [1.165, 1.54) is 12.1 Å². The van der Waals surface area contributed by atoms with E-state index >= 15 is 8.78 Å². The molecule has 2 N–H and O–H groups in total. The summed E-state index contributed by atoms with van der Waals surface area (Å²) in [5.41, 5.74) is 4.95. The molecule has 0 saturated heterocycles. The number of pyridine rings is 1. The predicted octanol–water partition coefficient (Wildman–Crippen LogP) is 7.89. The number of rotatable bonds is 12. The molecular formula is C31H35F2N5. The third-order valence-corrected chi connectivity index (χ3v) is 7.29. The van der Waals surface area contributed by atoms with Gasteiger partial charge >= 0.3 is 0 Å². The van der Waals surface area contributed by atoms with Crippen molar-refractivity contribution >= 4 is 21.9 Å². The first-order chi connectivity index (χ1) is 18.6. The van der Waals surface area contributed by atoms with Crippen LogP contribution >= 0.6 is 0 Å². The molecule has 0 aliphatic rings. The fourth-order valence-electron chi connectivity index (χ4n) is 5.12. The van der Waals surface area contributed by atoms with Crippen molar-refractivity contribution < 1.29 is 8.78 Å². The average molecular weight is 516 g/mol. The molecule has 0 unspecified atom stereocenters. The Morgan fingerprint density at radius 2 is 1.58 bits per heavy atom. The quantitative estimate of drug-likeness (QED) is 0.178. The van der Waals surface area contributed by atoms with Gasteiger partial charge in [-0.25, -0.2) is 13.8 Å². The summed E-state index contributed by atoms with van der Waals surface area (Å²) in [6, 6.07) is 12.8. The van der Waals surface area contributed by atoms with Crippen molar-refractivity contribution in [2.45, 2.75) is 52.4 Å². The zero-order valence-corrected chi connectivity index (χ0v) is 22.2. The Hall–Kier alpha value is -3.58. The van der Waals surface area contributed by atoms with Crippen LogP contribution in [0.15, 0.2) is 54.9 Å². The average Bonchev–Trinajstić information content (AvgIpc) is 3.57. The second-order valence-electron chi connectivity index (χ2n) is 10.0. The molecule has 5 rings (SSSR count). The molecule has 0 amide bonds. The summed E-state index contributed by atoms with van der Waals surface area (Å²) in [6.45, 7) is 7.34. The minimum atomic E-state index is -0.495. The molecule has 0 saturated carbocycles. The normalized spacial score (nSPS) is 11.8. The van der Waals surface area contributed by atoms with Crippen LogP contribution in [0, 0.1) is 11.6 Å². The zero-order chi connectivity index (χ0) is 26.5. The standard InChI is InChI=1S/C31H35F2N5/c1-3-5-13-38(14-6-4-2)15-7-8-25-27(32)17-22(18-28(25)33)30-19-26-24(11-12-34-31(26)36-30)21-9-10-29-23(16-21)20-35-37-29/h9-12,16-20H,3-8,13-15H2,1-2H3,(H,34,36)(H,35,37). The number of benzene rings is 2. The monoisotopic (exact) mass is 515 g/mol. The fraction of sp³-hybridized carbons (Fsp3) is 0.355. The van der Waals surface area contributed by atoms with E-state index in [9.17, 15) is 0 Å². The summed E-state index contributed by atoms with van der Waals surface area (Å²) in [5, 5.41) is 8.98. The highest BCUT2D eigenvalue weighted by Gasteiger charge is 2.16. The van der Waals surface area contributed by atoms with Crippen LogP contribution < -0.4 is 0 Å². The van der Waals surface area contributed by atoms with Crippen LogP contribution in [0.4, 0.5) is 8.78 Å². The van der Waals surface area contributed by atoms with Gasteiger partial charge in [-0.2, -0.15) is 5.10 Å². The van der Waals surface area contributed by atoms with Gasteiger partial charge in [0.25, 0.3) is 0 Å². The SMILES string of the molecule is CCCCN(CCCC)CCCc1c(F)cc(-c2cc3c(-c4ccc5[nH]ncc5c4)ccnc3[nH]2)cc1F. The lowest BCUT2D eigenvalue weighted by Crippen LogP contribution is -2.27. The maximum atomic E-state index is 15.2. The highest BCUT2D eigenvalue weighted by Crippen LogP contribution is 2.33. The van der Waals surface area contributed by atoms with E-state index in [4.69, 9.17) is 0 Å². The number of nitrogens with zero attached hydrogens (tertiary/aromatic N) is 3. The molecule has 2 aromatic carbocycles. The molecule has 5 nitrogen and oxygen atoms in total. The molecule has 0 atom stereocenters. The maximum Gasteiger partial charge on any atom is 0.138 e. The number of halogens is 2. The van der Waals surface area contributed by atoms with Crippen molar-refractivity contribution in [3.8, 4) is 22.4 Å². The third kappa shape index (κ3) is 5.63. The van der Waals surface area contributed by atoms with E-state index in [1.54, 1.807) is 12.4 Å². The molecule has 5 aromatic rings. The van der Waals surface area contributed by atoms with Crippen LogP contribution in [0.2, 0.25) is 0 Å². The first kappa shape index (κ1) is 26.0. The molecule has 0 radical (unpaired) electrons. The van der Waals surface area contributed by atoms with Crippen LogP contribution in [0.5, 0.6) is 0 Å². The van der Waals surface area contributed by atoms with Crippen LogP contribution in [0.3, 0.4) is 0 Å². The van der Waals surface area contributed by atoms with Crippen molar-refractivity contribution in [2.75, 3.05) is 19.6 Å². The van der Waals surface area contributed by atoms with Gasteiger partial charge in [0.2, 0.25) is 0 Å². The highest BCUT2D eigenvalue weighted by molar-refractivity contribution is 5.98. The topological polar surface area (TPSA) is 60.6 Å². The van der Waals surface area contributed by atoms with Gasteiger partial charge in [-0.15, -0.1) is 0 Å². The summed E-state index contributed by atoms with van der Waals surface area (Å²) in [7, 11) is 0. The largest absolute Gasteiger partial charge is 0.339 e. The van der Waals surface area contributed by atoms with Gasteiger partial charge < -0.3 is 9.88 Å². The Labute approximate surface area is 222 Å². The number of fused-ring (bicyclic) bond motifs is 2. The molecule has 3 heterocycles. The molecule has 0 bridgehead atoms. The summed E-state index contributed by atoms with van der Waals surface area (Å²) < 4.78 is 30.3. The number of hydrogen-bond donors (Lipinski definition) is 2. The molecule has 7 heteroatoms. The number of unbranched alkanes of at least 4 members (excludes halogenated alkanes) is 2. The highest BCUT2D eigenvalue weighted by atomic mass is 19.1. The van der Waals surface area contributed by atoms with Crippen LogP contribution in [0.25, 0.3) is 44.3 Å². The Bertz CT molecular complexity index is 1490. The lowest BCUT2D eigenvalue weighted by Gasteiger charge is -2.22. The number of aromatic nitrogens is 4.